The second-order valence-electron chi connectivity index (χ2n) is 4.18. The Labute approximate surface area is 91.9 Å². The molecule has 0 radical (unpaired) electrons. The molecule has 0 atom stereocenters. The van der Waals surface area contributed by atoms with E-state index in [1.165, 1.54) is 27.5 Å². The zero-order valence-electron chi connectivity index (χ0n) is 9.80. The van der Waals surface area contributed by atoms with E-state index in [1.54, 1.807) is 0 Å². The molecule has 0 aliphatic heterocycles. The minimum absolute atomic E-state index is 1.13. The second kappa shape index (κ2) is 4.06. The molecule has 0 unspecified atom stereocenters. The van der Waals surface area contributed by atoms with Gasteiger partial charge >= 0.3 is 0 Å². The van der Waals surface area contributed by atoms with E-state index in [4.69, 9.17) is 0 Å². The van der Waals surface area contributed by atoms with Crippen molar-refractivity contribution in [1.29, 1.82) is 0 Å². The average Bonchev–Trinajstić information content (AvgIpc) is 2.27. The fourth-order valence-electron chi connectivity index (χ4n) is 2.17. The van der Waals surface area contributed by atoms with Crippen LogP contribution >= 0.6 is 0 Å². The first-order valence-electron chi connectivity index (χ1n) is 5.76. The lowest BCUT2D eigenvalue weighted by molar-refractivity contribution is 1.04. The normalized spacial score (nSPS) is 10.9. The highest BCUT2D eigenvalue weighted by Gasteiger charge is 2.02. The third-order valence-electron chi connectivity index (χ3n) is 3.08. The van der Waals surface area contributed by atoms with E-state index in [0.29, 0.717) is 0 Å². The van der Waals surface area contributed by atoms with E-state index in [9.17, 15) is 0 Å². The molecule has 0 nitrogen and oxygen atoms in total. The van der Waals surface area contributed by atoms with Crippen LogP contribution in [0.1, 0.15) is 30.5 Å². The Morgan fingerprint density at radius 2 is 1.40 bits per heavy atom. The highest BCUT2D eigenvalue weighted by molar-refractivity contribution is 5.84. The van der Waals surface area contributed by atoms with Crippen LogP contribution in [-0.4, -0.2) is 0 Å². The Morgan fingerprint density at radius 1 is 0.800 bits per heavy atom. The van der Waals surface area contributed by atoms with Crippen molar-refractivity contribution >= 4 is 10.8 Å². The number of rotatable bonds is 2. The minimum Gasteiger partial charge on any atom is -0.0613 e. The van der Waals surface area contributed by atoms with Crippen molar-refractivity contribution in [3.63, 3.8) is 0 Å². The molecule has 0 heterocycles. The van der Waals surface area contributed by atoms with Gasteiger partial charge in [-0.1, -0.05) is 49.7 Å². The average molecular weight is 198 g/mol. The molecule has 0 spiro atoms. The molecule has 0 bridgehead atoms. The van der Waals surface area contributed by atoms with E-state index < -0.39 is 0 Å². The van der Waals surface area contributed by atoms with E-state index in [-0.39, 0.29) is 0 Å². The predicted octanol–water partition coefficient (Wildman–Crippen LogP) is 4.27. The topological polar surface area (TPSA) is 0 Å². The Bertz CT molecular complexity index is 481. The lowest BCUT2D eigenvalue weighted by Crippen LogP contribution is -1.91. The standard InChI is InChI=1S/C15H18/c1-4-12-9-14-7-6-11(3)8-15(14)10-13(12)5-2/h6-10H,4-5H2,1-3H3. The van der Waals surface area contributed by atoms with E-state index >= 15 is 0 Å². The maximum absolute atomic E-state index is 2.35. The minimum atomic E-state index is 1.13. The highest BCUT2D eigenvalue weighted by Crippen LogP contribution is 2.22. The fourth-order valence-corrected chi connectivity index (χ4v) is 2.17. The zero-order valence-corrected chi connectivity index (χ0v) is 9.80. The third kappa shape index (κ3) is 1.90. The van der Waals surface area contributed by atoms with Crippen LogP contribution in [-0.2, 0) is 12.8 Å². The molecule has 0 saturated heterocycles. The Hall–Kier alpha value is -1.30. The van der Waals surface area contributed by atoms with Gasteiger partial charge in [0.25, 0.3) is 0 Å². The molecule has 15 heavy (non-hydrogen) atoms. The maximum Gasteiger partial charge on any atom is -0.0178 e. The first-order valence-corrected chi connectivity index (χ1v) is 5.76. The van der Waals surface area contributed by atoms with Gasteiger partial charge in [-0.05, 0) is 41.7 Å². The lowest BCUT2D eigenvalue weighted by Gasteiger charge is -2.08. The summed E-state index contributed by atoms with van der Waals surface area (Å²) in [5.74, 6) is 0. The molecule has 0 saturated carbocycles. The molecule has 2 aromatic rings. The number of fused-ring (bicyclic) bond motifs is 1. The quantitative estimate of drug-likeness (QED) is 0.676. The summed E-state index contributed by atoms with van der Waals surface area (Å²) in [5.41, 5.74) is 4.33. The summed E-state index contributed by atoms with van der Waals surface area (Å²) in [7, 11) is 0. The van der Waals surface area contributed by atoms with Gasteiger partial charge in [0.05, 0.1) is 0 Å². The molecular formula is C15H18. The van der Waals surface area contributed by atoms with Crippen molar-refractivity contribution in [2.24, 2.45) is 0 Å². The zero-order chi connectivity index (χ0) is 10.8. The highest BCUT2D eigenvalue weighted by atomic mass is 14.1. The summed E-state index contributed by atoms with van der Waals surface area (Å²) in [6.07, 6.45) is 2.26. The van der Waals surface area contributed by atoms with E-state index in [2.05, 4.69) is 51.1 Å². The number of aryl methyl sites for hydroxylation is 3. The van der Waals surface area contributed by atoms with E-state index in [0.717, 1.165) is 12.8 Å². The van der Waals surface area contributed by atoms with Crippen molar-refractivity contribution < 1.29 is 0 Å². The van der Waals surface area contributed by atoms with Crippen LogP contribution < -0.4 is 0 Å². The van der Waals surface area contributed by atoms with Gasteiger partial charge in [0.2, 0.25) is 0 Å². The van der Waals surface area contributed by atoms with Crippen molar-refractivity contribution in [1.82, 2.24) is 0 Å². The molecular weight excluding hydrogens is 180 g/mol. The maximum atomic E-state index is 2.35. The summed E-state index contributed by atoms with van der Waals surface area (Å²) in [4.78, 5) is 0. The van der Waals surface area contributed by atoms with Gasteiger partial charge in [-0.3, -0.25) is 0 Å². The number of benzene rings is 2. The summed E-state index contributed by atoms with van der Waals surface area (Å²) in [5, 5.41) is 2.75. The van der Waals surface area contributed by atoms with E-state index in [1.807, 2.05) is 0 Å². The van der Waals surface area contributed by atoms with Gasteiger partial charge in [-0.15, -0.1) is 0 Å². The number of hydrogen-bond donors (Lipinski definition) is 0. The summed E-state index contributed by atoms with van der Waals surface area (Å²) in [6, 6.07) is 11.4. The summed E-state index contributed by atoms with van der Waals surface area (Å²) >= 11 is 0. The number of hydrogen-bond acceptors (Lipinski definition) is 0. The van der Waals surface area contributed by atoms with Crippen LogP contribution in [0.2, 0.25) is 0 Å². The molecule has 0 aromatic heterocycles. The Kier molecular flexibility index (Phi) is 2.77. The van der Waals surface area contributed by atoms with Crippen LogP contribution in [0.4, 0.5) is 0 Å². The van der Waals surface area contributed by atoms with Crippen molar-refractivity contribution in [2.45, 2.75) is 33.6 Å². The molecule has 0 fully saturated rings. The molecule has 0 aliphatic rings. The molecule has 0 N–H and O–H groups in total. The monoisotopic (exact) mass is 198 g/mol. The smallest absolute Gasteiger partial charge is 0.0178 e. The first kappa shape index (κ1) is 10.2. The van der Waals surface area contributed by atoms with Gasteiger partial charge in [-0.2, -0.15) is 0 Å². The van der Waals surface area contributed by atoms with Crippen LogP contribution in [0.15, 0.2) is 30.3 Å². The van der Waals surface area contributed by atoms with Gasteiger partial charge in [0.15, 0.2) is 0 Å². The lowest BCUT2D eigenvalue weighted by atomic mass is 9.97. The van der Waals surface area contributed by atoms with Crippen molar-refractivity contribution in [2.75, 3.05) is 0 Å². The Morgan fingerprint density at radius 3 is 2.00 bits per heavy atom. The Balaban J connectivity index is 2.69. The fraction of sp³-hybridized carbons (Fsp3) is 0.333. The van der Waals surface area contributed by atoms with Gasteiger partial charge < -0.3 is 0 Å². The SMILES string of the molecule is CCc1cc2ccc(C)cc2cc1CC. The molecule has 0 amide bonds. The van der Waals surface area contributed by atoms with Gasteiger partial charge in [0.1, 0.15) is 0 Å². The summed E-state index contributed by atoms with van der Waals surface area (Å²) in [6.45, 7) is 6.61. The van der Waals surface area contributed by atoms with Crippen LogP contribution in [0.3, 0.4) is 0 Å². The largest absolute Gasteiger partial charge is 0.0613 e. The third-order valence-corrected chi connectivity index (χ3v) is 3.08. The van der Waals surface area contributed by atoms with Crippen LogP contribution in [0.25, 0.3) is 10.8 Å². The van der Waals surface area contributed by atoms with Gasteiger partial charge in [0, 0.05) is 0 Å². The molecule has 0 aliphatic carbocycles. The van der Waals surface area contributed by atoms with Crippen LogP contribution in [0, 0.1) is 6.92 Å². The van der Waals surface area contributed by atoms with Crippen LogP contribution in [0.5, 0.6) is 0 Å². The predicted molar refractivity (Wildman–Crippen MR) is 67.4 cm³/mol. The molecule has 2 rings (SSSR count). The van der Waals surface area contributed by atoms with Gasteiger partial charge in [-0.25, -0.2) is 0 Å². The first-order chi connectivity index (χ1) is 7.24. The molecule has 0 heteroatoms. The van der Waals surface area contributed by atoms with Crippen molar-refractivity contribution in [3.05, 3.63) is 47.0 Å². The second-order valence-corrected chi connectivity index (χ2v) is 4.18. The van der Waals surface area contributed by atoms with Crippen molar-refractivity contribution in [3.8, 4) is 0 Å². The summed E-state index contributed by atoms with van der Waals surface area (Å²) < 4.78 is 0. The molecule has 78 valence electrons. The molecule has 2 aromatic carbocycles.